The molecular formula is C16H23NO2. The molecule has 3 nitrogen and oxygen atoms in total. The van der Waals surface area contributed by atoms with Gasteiger partial charge in [0.15, 0.2) is 0 Å². The molecule has 0 spiro atoms. The van der Waals surface area contributed by atoms with Gasteiger partial charge in [0.1, 0.15) is 5.75 Å². The molecule has 1 aliphatic heterocycles. The second-order valence-electron chi connectivity index (χ2n) is 5.72. The molecule has 2 aliphatic rings. The van der Waals surface area contributed by atoms with Crippen molar-refractivity contribution in [3.8, 4) is 5.75 Å². The molecule has 0 amide bonds. The standard InChI is InChI=1S/C16H23NO2/c1-3-12-5-4-8-17(12)15-9-11-6-7-13(19-2)10-14(11)16(15)18/h6-7,10,12,15-16,18H,3-5,8-9H2,1-2H3. The second kappa shape index (κ2) is 5.14. The van der Waals surface area contributed by atoms with Crippen molar-refractivity contribution in [3.63, 3.8) is 0 Å². The molecule has 19 heavy (non-hydrogen) atoms. The topological polar surface area (TPSA) is 32.7 Å². The number of methoxy groups -OCH3 is 1. The molecule has 0 saturated carbocycles. The lowest BCUT2D eigenvalue weighted by Crippen LogP contribution is -2.41. The molecule has 0 bridgehead atoms. The first-order chi connectivity index (χ1) is 9.24. The van der Waals surface area contributed by atoms with Crippen LogP contribution >= 0.6 is 0 Å². The third kappa shape index (κ3) is 2.15. The van der Waals surface area contributed by atoms with Crippen LogP contribution < -0.4 is 4.74 Å². The highest BCUT2D eigenvalue weighted by Crippen LogP contribution is 2.39. The maximum atomic E-state index is 10.6. The quantitative estimate of drug-likeness (QED) is 0.907. The molecular weight excluding hydrogens is 238 g/mol. The van der Waals surface area contributed by atoms with Crippen LogP contribution in [0.5, 0.6) is 5.75 Å². The van der Waals surface area contributed by atoms with Crippen LogP contribution in [-0.2, 0) is 6.42 Å². The highest BCUT2D eigenvalue weighted by atomic mass is 16.5. The Kier molecular flexibility index (Phi) is 3.50. The molecule has 1 heterocycles. The van der Waals surface area contributed by atoms with E-state index in [0.717, 1.165) is 24.3 Å². The van der Waals surface area contributed by atoms with Crippen molar-refractivity contribution in [3.05, 3.63) is 29.3 Å². The van der Waals surface area contributed by atoms with E-state index < -0.39 is 0 Å². The SMILES string of the molecule is CCC1CCCN1C1Cc2ccc(OC)cc2C1O. The number of rotatable bonds is 3. The third-order valence-electron chi connectivity index (χ3n) is 4.79. The first-order valence-corrected chi connectivity index (χ1v) is 7.35. The van der Waals surface area contributed by atoms with Gasteiger partial charge in [0.05, 0.1) is 13.2 Å². The van der Waals surface area contributed by atoms with Gasteiger partial charge in [-0.3, -0.25) is 4.90 Å². The third-order valence-corrected chi connectivity index (χ3v) is 4.79. The van der Waals surface area contributed by atoms with E-state index in [1.165, 1.54) is 24.8 Å². The van der Waals surface area contributed by atoms with E-state index in [1.807, 2.05) is 12.1 Å². The van der Waals surface area contributed by atoms with E-state index in [0.29, 0.717) is 6.04 Å². The van der Waals surface area contributed by atoms with Gasteiger partial charge >= 0.3 is 0 Å². The van der Waals surface area contributed by atoms with Gasteiger partial charge in [0, 0.05) is 12.1 Å². The normalized spacial score (nSPS) is 30.6. The number of fused-ring (bicyclic) bond motifs is 1. The molecule has 1 fully saturated rings. The molecule has 1 aromatic carbocycles. The van der Waals surface area contributed by atoms with Crippen LogP contribution in [-0.4, -0.2) is 35.7 Å². The zero-order valence-electron chi connectivity index (χ0n) is 11.8. The number of aliphatic hydroxyl groups excluding tert-OH is 1. The number of aliphatic hydroxyl groups is 1. The van der Waals surface area contributed by atoms with Crippen molar-refractivity contribution in [1.29, 1.82) is 0 Å². The van der Waals surface area contributed by atoms with E-state index in [9.17, 15) is 5.11 Å². The summed E-state index contributed by atoms with van der Waals surface area (Å²) in [6.45, 7) is 3.38. The Hall–Kier alpha value is -1.06. The summed E-state index contributed by atoms with van der Waals surface area (Å²) >= 11 is 0. The summed E-state index contributed by atoms with van der Waals surface area (Å²) in [5.41, 5.74) is 2.34. The van der Waals surface area contributed by atoms with Crippen LogP contribution in [0, 0.1) is 0 Å². The van der Waals surface area contributed by atoms with Crippen molar-refractivity contribution < 1.29 is 9.84 Å². The fourth-order valence-corrected chi connectivity index (χ4v) is 3.74. The van der Waals surface area contributed by atoms with Crippen LogP contribution in [0.2, 0.25) is 0 Å². The van der Waals surface area contributed by atoms with Crippen LogP contribution in [0.3, 0.4) is 0 Å². The molecule has 3 atom stereocenters. The number of hydrogen-bond donors (Lipinski definition) is 1. The molecule has 3 unspecified atom stereocenters. The van der Waals surface area contributed by atoms with Crippen molar-refractivity contribution >= 4 is 0 Å². The average molecular weight is 261 g/mol. The zero-order valence-corrected chi connectivity index (χ0v) is 11.8. The monoisotopic (exact) mass is 261 g/mol. The summed E-state index contributed by atoms with van der Waals surface area (Å²) in [6.07, 6.45) is 4.33. The first kappa shape index (κ1) is 12.9. The lowest BCUT2D eigenvalue weighted by atomic mass is 10.1. The van der Waals surface area contributed by atoms with Crippen LogP contribution in [0.4, 0.5) is 0 Å². The summed E-state index contributed by atoms with van der Waals surface area (Å²) in [4.78, 5) is 2.52. The number of likely N-dealkylation sites (tertiary alicyclic amines) is 1. The second-order valence-corrected chi connectivity index (χ2v) is 5.72. The molecule has 3 rings (SSSR count). The molecule has 3 heteroatoms. The minimum Gasteiger partial charge on any atom is -0.497 e. The summed E-state index contributed by atoms with van der Waals surface area (Å²) in [6, 6.07) is 7.01. The van der Waals surface area contributed by atoms with Gasteiger partial charge in [-0.05, 0) is 55.5 Å². The van der Waals surface area contributed by atoms with E-state index >= 15 is 0 Å². The lowest BCUT2D eigenvalue weighted by molar-refractivity contribution is 0.0520. The van der Waals surface area contributed by atoms with E-state index in [-0.39, 0.29) is 12.1 Å². The molecule has 1 N–H and O–H groups in total. The van der Waals surface area contributed by atoms with Crippen LogP contribution in [0.15, 0.2) is 18.2 Å². The Morgan fingerprint density at radius 3 is 3.00 bits per heavy atom. The number of benzene rings is 1. The van der Waals surface area contributed by atoms with Gasteiger partial charge in [-0.25, -0.2) is 0 Å². The Balaban J connectivity index is 1.84. The lowest BCUT2D eigenvalue weighted by Gasteiger charge is -2.32. The largest absolute Gasteiger partial charge is 0.497 e. The molecule has 0 aromatic heterocycles. The molecule has 0 radical (unpaired) electrons. The van der Waals surface area contributed by atoms with Crippen molar-refractivity contribution in [1.82, 2.24) is 4.90 Å². The zero-order chi connectivity index (χ0) is 13.4. The Morgan fingerprint density at radius 2 is 2.26 bits per heavy atom. The Morgan fingerprint density at radius 1 is 1.42 bits per heavy atom. The number of hydrogen-bond acceptors (Lipinski definition) is 3. The predicted molar refractivity (Wildman–Crippen MR) is 75.5 cm³/mol. The smallest absolute Gasteiger partial charge is 0.119 e. The summed E-state index contributed by atoms with van der Waals surface area (Å²) in [7, 11) is 1.67. The van der Waals surface area contributed by atoms with Crippen LogP contribution in [0.1, 0.15) is 43.4 Å². The van der Waals surface area contributed by atoms with Crippen molar-refractivity contribution in [2.24, 2.45) is 0 Å². The fraction of sp³-hybridized carbons (Fsp3) is 0.625. The molecule has 104 valence electrons. The maximum Gasteiger partial charge on any atom is 0.119 e. The molecule has 1 aliphatic carbocycles. The number of nitrogens with zero attached hydrogens (tertiary/aromatic N) is 1. The van der Waals surface area contributed by atoms with E-state index in [1.54, 1.807) is 7.11 Å². The fourth-order valence-electron chi connectivity index (χ4n) is 3.74. The highest BCUT2D eigenvalue weighted by Gasteiger charge is 2.39. The Labute approximate surface area is 115 Å². The maximum absolute atomic E-state index is 10.6. The van der Waals surface area contributed by atoms with E-state index in [4.69, 9.17) is 4.74 Å². The number of ether oxygens (including phenoxy) is 1. The Bertz CT molecular complexity index is 460. The van der Waals surface area contributed by atoms with Crippen molar-refractivity contribution in [2.45, 2.75) is 50.8 Å². The average Bonchev–Trinajstić information content (AvgIpc) is 3.03. The summed E-state index contributed by atoms with van der Waals surface area (Å²) in [5, 5.41) is 10.6. The van der Waals surface area contributed by atoms with Gasteiger partial charge in [-0.2, -0.15) is 0 Å². The van der Waals surface area contributed by atoms with Crippen LogP contribution in [0.25, 0.3) is 0 Å². The van der Waals surface area contributed by atoms with Gasteiger partial charge < -0.3 is 9.84 Å². The molecule has 1 aromatic rings. The minimum absolute atomic E-state index is 0.259. The van der Waals surface area contributed by atoms with Gasteiger partial charge in [0.25, 0.3) is 0 Å². The van der Waals surface area contributed by atoms with Gasteiger partial charge in [-0.1, -0.05) is 13.0 Å². The van der Waals surface area contributed by atoms with Crippen molar-refractivity contribution in [2.75, 3.05) is 13.7 Å². The predicted octanol–water partition coefficient (Wildman–Crippen LogP) is 2.53. The summed E-state index contributed by atoms with van der Waals surface area (Å²) < 4.78 is 5.27. The first-order valence-electron chi connectivity index (χ1n) is 7.35. The highest BCUT2D eigenvalue weighted by molar-refractivity contribution is 5.42. The van der Waals surface area contributed by atoms with Gasteiger partial charge in [-0.15, -0.1) is 0 Å². The molecule has 1 saturated heterocycles. The minimum atomic E-state index is -0.364. The van der Waals surface area contributed by atoms with Gasteiger partial charge in [0.2, 0.25) is 0 Å². The summed E-state index contributed by atoms with van der Waals surface area (Å²) in [5.74, 6) is 0.840. The van der Waals surface area contributed by atoms with E-state index in [2.05, 4.69) is 17.9 Å².